The Hall–Kier alpha value is -1.40. The molecule has 0 bridgehead atoms. The molecule has 2 atom stereocenters. The van der Waals surface area contributed by atoms with E-state index in [1.165, 1.54) is 0 Å². The molecule has 22 heavy (non-hydrogen) atoms. The van der Waals surface area contributed by atoms with Crippen LogP contribution in [0.2, 0.25) is 0 Å². The minimum atomic E-state index is -0.0971. The van der Waals surface area contributed by atoms with Crippen LogP contribution in [0.5, 0.6) is 0 Å². The Morgan fingerprint density at radius 1 is 1.55 bits per heavy atom. The lowest BCUT2D eigenvalue weighted by atomic mass is 9.92. The van der Waals surface area contributed by atoms with Gasteiger partial charge < -0.3 is 10.3 Å². The number of rotatable bonds is 4. The molecule has 1 saturated heterocycles. The molecule has 2 unspecified atom stereocenters. The van der Waals surface area contributed by atoms with Gasteiger partial charge in [-0.15, -0.1) is 0 Å². The third kappa shape index (κ3) is 4.30. The van der Waals surface area contributed by atoms with Gasteiger partial charge in [0.05, 0.1) is 12.2 Å². The standard InChI is InChI=1S/C16H28N4O2/c1-11-5-6-20(12(7-11)9-17)10-14(21)18-15-8-13(19-22-15)16(2,3)4/h8,11-12H,5-7,9-10,17H2,1-4H3,(H,18,21). The van der Waals surface area contributed by atoms with Crippen LogP contribution in [0, 0.1) is 5.92 Å². The minimum absolute atomic E-state index is 0.0791. The van der Waals surface area contributed by atoms with Crippen LogP contribution in [0.1, 0.15) is 46.2 Å². The highest BCUT2D eigenvalue weighted by molar-refractivity contribution is 5.91. The molecule has 1 aromatic heterocycles. The monoisotopic (exact) mass is 308 g/mol. The van der Waals surface area contributed by atoms with Crippen molar-refractivity contribution in [3.63, 3.8) is 0 Å². The van der Waals surface area contributed by atoms with Crippen molar-refractivity contribution in [2.24, 2.45) is 11.7 Å². The summed E-state index contributed by atoms with van der Waals surface area (Å²) in [7, 11) is 0. The second-order valence-corrected chi connectivity index (χ2v) is 7.36. The van der Waals surface area contributed by atoms with E-state index in [1.807, 2.05) is 0 Å². The average molecular weight is 308 g/mol. The van der Waals surface area contributed by atoms with Crippen LogP contribution in [0.4, 0.5) is 5.88 Å². The van der Waals surface area contributed by atoms with Crippen LogP contribution >= 0.6 is 0 Å². The van der Waals surface area contributed by atoms with Gasteiger partial charge >= 0.3 is 0 Å². The highest BCUT2D eigenvalue weighted by Gasteiger charge is 2.27. The van der Waals surface area contributed by atoms with Crippen LogP contribution in [0.25, 0.3) is 0 Å². The van der Waals surface area contributed by atoms with Gasteiger partial charge in [-0.2, -0.15) is 0 Å². The zero-order chi connectivity index (χ0) is 16.3. The van der Waals surface area contributed by atoms with Crippen molar-refractivity contribution in [1.82, 2.24) is 10.1 Å². The lowest BCUT2D eigenvalue weighted by Gasteiger charge is -2.37. The summed E-state index contributed by atoms with van der Waals surface area (Å²) in [5, 5.41) is 6.79. The van der Waals surface area contributed by atoms with E-state index in [-0.39, 0.29) is 17.4 Å². The number of anilines is 1. The van der Waals surface area contributed by atoms with E-state index < -0.39 is 0 Å². The average Bonchev–Trinajstić information content (AvgIpc) is 2.89. The highest BCUT2D eigenvalue weighted by atomic mass is 16.5. The molecule has 2 heterocycles. The zero-order valence-corrected chi connectivity index (χ0v) is 14.1. The van der Waals surface area contributed by atoms with E-state index >= 15 is 0 Å². The van der Waals surface area contributed by atoms with Gasteiger partial charge in [0.1, 0.15) is 0 Å². The van der Waals surface area contributed by atoms with Crippen molar-refractivity contribution in [3.05, 3.63) is 11.8 Å². The molecule has 1 fully saturated rings. The predicted molar refractivity (Wildman–Crippen MR) is 86.6 cm³/mol. The molecule has 0 radical (unpaired) electrons. The molecule has 0 saturated carbocycles. The van der Waals surface area contributed by atoms with Crippen molar-refractivity contribution in [1.29, 1.82) is 0 Å². The van der Waals surface area contributed by atoms with Crippen LogP contribution in [-0.2, 0) is 10.2 Å². The third-order valence-electron chi connectivity index (χ3n) is 4.26. The Balaban J connectivity index is 1.91. The smallest absolute Gasteiger partial charge is 0.240 e. The normalized spacial score (nSPS) is 23.5. The molecule has 124 valence electrons. The van der Waals surface area contributed by atoms with Crippen molar-refractivity contribution in [3.8, 4) is 0 Å². The Morgan fingerprint density at radius 3 is 2.86 bits per heavy atom. The van der Waals surface area contributed by atoms with Gasteiger partial charge in [0, 0.05) is 24.1 Å². The summed E-state index contributed by atoms with van der Waals surface area (Å²) >= 11 is 0. The van der Waals surface area contributed by atoms with Gasteiger partial charge in [-0.25, -0.2) is 0 Å². The quantitative estimate of drug-likeness (QED) is 0.888. The Bertz CT molecular complexity index is 506. The molecule has 1 aliphatic rings. The van der Waals surface area contributed by atoms with Crippen molar-refractivity contribution in [2.45, 2.75) is 52.0 Å². The molecule has 0 aliphatic carbocycles. The summed E-state index contributed by atoms with van der Waals surface area (Å²) in [6.45, 7) is 10.3. The molecular weight excluding hydrogens is 280 g/mol. The van der Waals surface area contributed by atoms with Gasteiger partial charge in [-0.1, -0.05) is 32.9 Å². The van der Waals surface area contributed by atoms with Crippen molar-refractivity contribution < 1.29 is 9.32 Å². The topological polar surface area (TPSA) is 84.4 Å². The molecule has 0 aromatic carbocycles. The molecule has 2 rings (SSSR count). The number of amides is 1. The largest absolute Gasteiger partial charge is 0.338 e. The minimum Gasteiger partial charge on any atom is -0.338 e. The summed E-state index contributed by atoms with van der Waals surface area (Å²) < 4.78 is 5.20. The van der Waals surface area contributed by atoms with Crippen molar-refractivity contribution in [2.75, 3.05) is 25.0 Å². The number of nitrogens with zero attached hydrogens (tertiary/aromatic N) is 2. The van der Waals surface area contributed by atoms with Gasteiger partial charge in [0.2, 0.25) is 11.8 Å². The zero-order valence-electron chi connectivity index (χ0n) is 14.1. The first-order valence-corrected chi connectivity index (χ1v) is 8.00. The van der Waals surface area contributed by atoms with Gasteiger partial charge in [-0.3, -0.25) is 15.0 Å². The Labute approximate surface area is 132 Å². The summed E-state index contributed by atoms with van der Waals surface area (Å²) in [5.41, 5.74) is 6.56. The number of carbonyl (C=O) groups is 1. The second kappa shape index (κ2) is 6.79. The highest BCUT2D eigenvalue weighted by Crippen LogP contribution is 2.24. The lowest BCUT2D eigenvalue weighted by Crippen LogP contribution is -2.49. The molecule has 6 nitrogen and oxygen atoms in total. The van der Waals surface area contributed by atoms with Crippen LogP contribution < -0.4 is 11.1 Å². The van der Waals surface area contributed by atoms with E-state index in [2.05, 4.69) is 43.1 Å². The number of nitrogens with two attached hydrogens (primary N) is 1. The first-order chi connectivity index (χ1) is 10.3. The summed E-state index contributed by atoms with van der Waals surface area (Å²) in [6.07, 6.45) is 2.17. The van der Waals surface area contributed by atoms with E-state index in [1.54, 1.807) is 6.07 Å². The van der Waals surface area contributed by atoms with E-state index in [4.69, 9.17) is 10.3 Å². The molecular formula is C16H28N4O2. The molecule has 1 aromatic rings. The first-order valence-electron chi connectivity index (χ1n) is 8.00. The molecule has 0 spiro atoms. The van der Waals surface area contributed by atoms with E-state index in [0.717, 1.165) is 25.1 Å². The summed E-state index contributed by atoms with van der Waals surface area (Å²) in [4.78, 5) is 14.4. The van der Waals surface area contributed by atoms with Gasteiger partial charge in [-0.05, 0) is 25.3 Å². The summed E-state index contributed by atoms with van der Waals surface area (Å²) in [5.74, 6) is 1.01. The number of carbonyl (C=O) groups excluding carboxylic acids is 1. The summed E-state index contributed by atoms with van der Waals surface area (Å²) in [6, 6.07) is 2.07. The van der Waals surface area contributed by atoms with Crippen LogP contribution in [0.3, 0.4) is 0 Å². The lowest BCUT2D eigenvalue weighted by molar-refractivity contribution is -0.118. The number of hydrogen-bond acceptors (Lipinski definition) is 5. The maximum absolute atomic E-state index is 12.2. The van der Waals surface area contributed by atoms with Gasteiger partial charge in [0.15, 0.2) is 0 Å². The molecule has 3 N–H and O–H groups in total. The molecule has 1 amide bonds. The van der Waals surface area contributed by atoms with E-state index in [9.17, 15) is 4.79 Å². The molecule has 6 heteroatoms. The Kier molecular flexibility index (Phi) is 5.24. The third-order valence-corrected chi connectivity index (χ3v) is 4.26. The SMILES string of the molecule is CC1CCN(CC(=O)Nc2cc(C(C)(C)C)no2)C(CN)C1. The number of aromatic nitrogens is 1. The number of piperidine rings is 1. The number of nitrogens with one attached hydrogen (secondary N) is 1. The first kappa shape index (κ1) is 17.0. The number of likely N-dealkylation sites (tertiary alicyclic amines) is 1. The fourth-order valence-electron chi connectivity index (χ4n) is 2.80. The predicted octanol–water partition coefficient (Wildman–Crippen LogP) is 1.97. The molecule has 1 aliphatic heterocycles. The van der Waals surface area contributed by atoms with Crippen LogP contribution in [-0.4, -0.2) is 41.6 Å². The second-order valence-electron chi connectivity index (χ2n) is 7.36. The maximum atomic E-state index is 12.2. The fraction of sp³-hybridized carbons (Fsp3) is 0.750. The van der Waals surface area contributed by atoms with Crippen molar-refractivity contribution >= 4 is 11.8 Å². The van der Waals surface area contributed by atoms with Crippen LogP contribution in [0.15, 0.2) is 10.6 Å². The Morgan fingerprint density at radius 2 is 2.27 bits per heavy atom. The number of hydrogen-bond donors (Lipinski definition) is 2. The van der Waals surface area contributed by atoms with E-state index in [0.29, 0.717) is 24.9 Å². The fourth-order valence-corrected chi connectivity index (χ4v) is 2.80. The maximum Gasteiger partial charge on any atom is 0.240 e. The van der Waals surface area contributed by atoms with Gasteiger partial charge in [0.25, 0.3) is 0 Å².